The SMILES string of the molecule is c1ccc(-c2cccc(N(c3ccc4c(c3)oc3ccc5c(c34)C3(c4c-5ccc5oc6c(N(c7cccc(-c8ccccc8)c7)c7ccccc7-c7ccccc7)cccc6c45)C4CC5CC(C4)CC3C5)c3ccccc3-c3ccccc3)c2)cc1. The predicted octanol–water partition coefficient (Wildman–Crippen LogP) is 22.8. The Morgan fingerprint density at radius 3 is 1.30 bits per heavy atom. The van der Waals surface area contributed by atoms with Crippen LogP contribution in [0.2, 0.25) is 0 Å². The molecule has 410 valence electrons. The van der Waals surface area contributed by atoms with E-state index in [2.05, 4.69) is 289 Å². The van der Waals surface area contributed by atoms with Crippen molar-refractivity contribution >= 4 is 78.0 Å². The Hall–Kier alpha value is -10.2. The van der Waals surface area contributed by atoms with Gasteiger partial charge in [-0.3, -0.25) is 0 Å². The summed E-state index contributed by atoms with van der Waals surface area (Å²) in [5.41, 5.74) is 24.9. The standard InChI is InChI=1S/C82H60N2O2/c1-5-20-54(21-6-1)58-28-17-30-62(49-58)83(71-35-15-13-32-65(71)56-24-9-3-10-25-56)64-38-39-69-76(51-64)85-74-42-40-67-68-41-43-75-78(80(68)82(79(67)77(69)74)60-45-52-44-53(47-60)48-61(82)46-52)70-34-19-37-73(81(70)86-75)84(63-31-18-29-59(50-63)55-22-7-2-8-23-55)72-36-16-14-33-66(72)57-26-11-4-12-27-57/h1-43,49-53,60-61H,44-48H2. The van der Waals surface area contributed by atoms with Crippen LogP contribution in [0.15, 0.2) is 288 Å². The van der Waals surface area contributed by atoms with Gasteiger partial charge in [0.25, 0.3) is 0 Å². The molecule has 4 bridgehead atoms. The summed E-state index contributed by atoms with van der Waals surface area (Å²) < 4.78 is 14.9. The van der Waals surface area contributed by atoms with Gasteiger partial charge in [-0.1, -0.05) is 206 Å². The minimum atomic E-state index is -0.235. The molecule has 2 heterocycles. The lowest BCUT2D eigenvalue weighted by atomic mass is 9.42. The Morgan fingerprint density at radius 2 is 0.733 bits per heavy atom. The molecule has 0 aliphatic heterocycles. The number of anilines is 6. The fourth-order valence-electron chi connectivity index (χ4n) is 17.0. The molecule has 0 amide bonds. The van der Waals surface area contributed by atoms with E-state index in [0.29, 0.717) is 11.8 Å². The van der Waals surface area contributed by atoms with E-state index in [-0.39, 0.29) is 5.41 Å². The van der Waals surface area contributed by atoms with Crippen LogP contribution in [-0.2, 0) is 5.41 Å². The Morgan fingerprint density at radius 1 is 0.291 bits per heavy atom. The van der Waals surface area contributed by atoms with E-state index < -0.39 is 0 Å². The van der Waals surface area contributed by atoms with Gasteiger partial charge in [-0.05, 0) is 178 Å². The van der Waals surface area contributed by atoms with E-state index in [9.17, 15) is 0 Å². The molecule has 12 aromatic carbocycles. The summed E-state index contributed by atoms with van der Waals surface area (Å²) in [6.07, 6.45) is 6.37. The highest BCUT2D eigenvalue weighted by molar-refractivity contribution is 6.18. The van der Waals surface area contributed by atoms with Gasteiger partial charge in [0.2, 0.25) is 0 Å². The molecule has 5 aliphatic carbocycles. The third kappa shape index (κ3) is 7.48. The predicted molar refractivity (Wildman–Crippen MR) is 355 cm³/mol. The molecule has 0 atom stereocenters. The molecule has 4 saturated carbocycles. The van der Waals surface area contributed by atoms with Crippen LogP contribution in [0.3, 0.4) is 0 Å². The quantitative estimate of drug-likeness (QED) is 0.137. The van der Waals surface area contributed by atoms with Gasteiger partial charge in [-0.15, -0.1) is 0 Å². The summed E-state index contributed by atoms with van der Waals surface area (Å²) in [5, 5.41) is 4.89. The number of hydrogen-bond donors (Lipinski definition) is 0. The molecular formula is C82H60N2O2. The number of benzene rings is 12. The highest BCUT2D eigenvalue weighted by Gasteiger charge is 2.63. The highest BCUT2D eigenvalue weighted by atomic mass is 16.3. The number of para-hydroxylation sites is 3. The second kappa shape index (κ2) is 19.5. The second-order valence-corrected chi connectivity index (χ2v) is 24.7. The first-order chi connectivity index (χ1) is 42.6. The Balaban J connectivity index is 0.848. The van der Waals surface area contributed by atoms with Crippen LogP contribution in [0.4, 0.5) is 34.1 Å². The largest absolute Gasteiger partial charge is 0.456 e. The van der Waals surface area contributed by atoms with E-state index in [4.69, 9.17) is 8.83 Å². The van der Waals surface area contributed by atoms with Crippen molar-refractivity contribution in [3.63, 3.8) is 0 Å². The van der Waals surface area contributed by atoms with E-state index in [1.54, 1.807) is 0 Å². The van der Waals surface area contributed by atoms with Crippen LogP contribution in [-0.4, -0.2) is 0 Å². The molecule has 1 spiro atoms. The minimum absolute atomic E-state index is 0.235. The van der Waals surface area contributed by atoms with E-state index in [1.165, 1.54) is 98.2 Å². The molecule has 2 aromatic heterocycles. The first kappa shape index (κ1) is 49.3. The molecule has 0 N–H and O–H groups in total. The molecule has 19 rings (SSSR count). The summed E-state index contributed by atoms with van der Waals surface area (Å²) >= 11 is 0. The molecule has 86 heavy (non-hydrogen) atoms. The highest BCUT2D eigenvalue weighted by Crippen LogP contribution is 2.72. The molecule has 0 unspecified atom stereocenters. The van der Waals surface area contributed by atoms with Gasteiger partial charge in [0.15, 0.2) is 5.58 Å². The summed E-state index contributed by atoms with van der Waals surface area (Å²) in [6, 6.07) is 102. The fourth-order valence-corrected chi connectivity index (χ4v) is 17.0. The molecule has 5 aliphatic rings. The summed E-state index contributed by atoms with van der Waals surface area (Å²) in [4.78, 5) is 4.88. The maximum Gasteiger partial charge on any atom is 0.159 e. The minimum Gasteiger partial charge on any atom is -0.456 e. The van der Waals surface area contributed by atoms with Crippen LogP contribution in [0, 0.1) is 23.7 Å². The molecule has 4 nitrogen and oxygen atoms in total. The molecule has 4 fully saturated rings. The summed E-state index contributed by atoms with van der Waals surface area (Å²) in [5.74, 6) is 2.51. The maximum absolute atomic E-state index is 7.53. The van der Waals surface area contributed by atoms with Crippen LogP contribution in [0.25, 0.3) is 99.5 Å². The topological polar surface area (TPSA) is 32.8 Å². The van der Waals surface area contributed by atoms with Gasteiger partial charge in [-0.25, -0.2) is 0 Å². The van der Waals surface area contributed by atoms with Crippen LogP contribution < -0.4 is 9.80 Å². The van der Waals surface area contributed by atoms with E-state index >= 15 is 0 Å². The summed E-state index contributed by atoms with van der Waals surface area (Å²) in [7, 11) is 0. The van der Waals surface area contributed by atoms with E-state index in [1.807, 2.05) is 0 Å². The summed E-state index contributed by atoms with van der Waals surface area (Å²) in [6.45, 7) is 0. The number of rotatable bonds is 10. The van der Waals surface area contributed by atoms with Crippen LogP contribution >= 0.6 is 0 Å². The Labute approximate surface area is 500 Å². The lowest BCUT2D eigenvalue weighted by molar-refractivity contribution is -0.0387. The van der Waals surface area contributed by atoms with Crippen LogP contribution in [0.1, 0.15) is 43.2 Å². The number of fused-ring (bicyclic) bond motifs is 11. The lowest BCUT2D eigenvalue weighted by Crippen LogP contribution is -2.55. The zero-order valence-electron chi connectivity index (χ0n) is 47.6. The molecule has 0 radical (unpaired) electrons. The number of nitrogens with zero attached hydrogens (tertiary/aromatic N) is 2. The molecule has 0 saturated heterocycles. The normalized spacial score (nSPS) is 19.0. The van der Waals surface area contributed by atoms with Gasteiger partial charge >= 0.3 is 0 Å². The van der Waals surface area contributed by atoms with Crippen molar-refractivity contribution in [2.45, 2.75) is 37.5 Å². The van der Waals surface area contributed by atoms with Crippen molar-refractivity contribution < 1.29 is 8.83 Å². The van der Waals surface area contributed by atoms with Crippen molar-refractivity contribution in [3.05, 3.63) is 290 Å². The maximum atomic E-state index is 7.53. The average molecular weight is 1110 g/mol. The Kier molecular flexibility index (Phi) is 11.1. The second-order valence-electron chi connectivity index (χ2n) is 24.7. The third-order valence-electron chi connectivity index (χ3n) is 20.2. The first-order valence-corrected chi connectivity index (χ1v) is 30.8. The number of hydrogen-bond acceptors (Lipinski definition) is 4. The van der Waals surface area contributed by atoms with Crippen molar-refractivity contribution in [1.29, 1.82) is 0 Å². The zero-order valence-corrected chi connectivity index (χ0v) is 47.6. The molecule has 4 heteroatoms. The van der Waals surface area contributed by atoms with Gasteiger partial charge in [0.1, 0.15) is 16.7 Å². The fraction of sp³-hybridized carbons (Fsp3) is 0.122. The smallest absolute Gasteiger partial charge is 0.159 e. The monoisotopic (exact) mass is 1100 g/mol. The molecular weight excluding hydrogens is 1040 g/mol. The average Bonchev–Trinajstić information content (AvgIpc) is 1.47. The van der Waals surface area contributed by atoms with Crippen molar-refractivity contribution in [1.82, 2.24) is 0 Å². The first-order valence-electron chi connectivity index (χ1n) is 30.8. The van der Waals surface area contributed by atoms with Crippen molar-refractivity contribution in [3.8, 4) is 55.6 Å². The van der Waals surface area contributed by atoms with Crippen molar-refractivity contribution in [2.75, 3.05) is 9.80 Å². The Bertz CT molecular complexity index is 4930. The zero-order chi connectivity index (χ0) is 56.5. The molecule has 14 aromatic rings. The van der Waals surface area contributed by atoms with E-state index in [0.717, 1.165) is 90.5 Å². The van der Waals surface area contributed by atoms with Gasteiger partial charge < -0.3 is 18.6 Å². The number of furan rings is 2. The van der Waals surface area contributed by atoms with Gasteiger partial charge in [-0.2, -0.15) is 0 Å². The van der Waals surface area contributed by atoms with Gasteiger partial charge in [0, 0.05) is 61.2 Å². The van der Waals surface area contributed by atoms with Crippen LogP contribution in [0.5, 0.6) is 0 Å². The lowest BCUT2D eigenvalue weighted by Gasteiger charge is -2.61. The van der Waals surface area contributed by atoms with Crippen molar-refractivity contribution in [2.24, 2.45) is 23.7 Å². The van der Waals surface area contributed by atoms with Gasteiger partial charge in [0.05, 0.1) is 17.1 Å². The third-order valence-corrected chi connectivity index (χ3v) is 20.2.